The number of ether oxygens (including phenoxy) is 1. The summed E-state index contributed by atoms with van der Waals surface area (Å²) >= 11 is 3.55. The van der Waals surface area contributed by atoms with Crippen molar-refractivity contribution < 1.29 is 9.84 Å². The quantitative estimate of drug-likeness (QED) is 0.493. The fraction of sp³-hybridized carbons (Fsp3) is 0.750. The Morgan fingerprint density at radius 1 is 1.21 bits per heavy atom. The number of alkyl halides is 1. The van der Waals surface area contributed by atoms with Crippen molar-refractivity contribution >= 4 is 15.9 Å². The standard InChI is InChI=1S/C16H29BrO2/c1-13(9-10-15(17)16(3,4)18)7-6-8-14(2)11-12-19-5/h7,11,15,18H,6,8-10,12H2,1-5H3/b13-7+,14-11+. The van der Waals surface area contributed by atoms with E-state index >= 15 is 0 Å². The van der Waals surface area contributed by atoms with Crippen LogP contribution in [0.5, 0.6) is 0 Å². The number of halogens is 1. The number of aliphatic hydroxyl groups is 1. The van der Waals surface area contributed by atoms with Crippen molar-refractivity contribution in [2.45, 2.75) is 63.8 Å². The number of methoxy groups -OCH3 is 1. The first-order chi connectivity index (χ1) is 8.77. The summed E-state index contributed by atoms with van der Waals surface area (Å²) in [6.45, 7) is 8.69. The minimum Gasteiger partial charge on any atom is -0.389 e. The van der Waals surface area contributed by atoms with Crippen LogP contribution in [0.1, 0.15) is 53.4 Å². The molecule has 1 atom stereocenters. The molecule has 0 spiro atoms. The van der Waals surface area contributed by atoms with Crippen LogP contribution in [0.3, 0.4) is 0 Å². The molecule has 0 heterocycles. The zero-order valence-corrected chi connectivity index (χ0v) is 14.6. The van der Waals surface area contributed by atoms with Gasteiger partial charge in [0, 0.05) is 11.9 Å². The van der Waals surface area contributed by atoms with Gasteiger partial charge in [-0.25, -0.2) is 0 Å². The summed E-state index contributed by atoms with van der Waals surface area (Å²) in [6, 6.07) is 0. The van der Waals surface area contributed by atoms with Crippen LogP contribution in [0, 0.1) is 0 Å². The van der Waals surface area contributed by atoms with Crippen molar-refractivity contribution in [3.8, 4) is 0 Å². The third-order valence-corrected chi connectivity index (χ3v) is 4.77. The van der Waals surface area contributed by atoms with E-state index in [0.29, 0.717) is 6.61 Å². The summed E-state index contributed by atoms with van der Waals surface area (Å²) in [6.07, 6.45) is 8.59. The molecule has 0 amide bonds. The lowest BCUT2D eigenvalue weighted by Crippen LogP contribution is -2.31. The predicted molar refractivity (Wildman–Crippen MR) is 86.9 cm³/mol. The van der Waals surface area contributed by atoms with E-state index in [1.807, 2.05) is 13.8 Å². The topological polar surface area (TPSA) is 29.5 Å². The first-order valence-corrected chi connectivity index (χ1v) is 7.85. The van der Waals surface area contributed by atoms with Gasteiger partial charge in [0.1, 0.15) is 0 Å². The second-order valence-electron chi connectivity index (χ2n) is 5.75. The monoisotopic (exact) mass is 332 g/mol. The van der Waals surface area contributed by atoms with E-state index in [4.69, 9.17) is 4.74 Å². The van der Waals surface area contributed by atoms with Gasteiger partial charge >= 0.3 is 0 Å². The lowest BCUT2D eigenvalue weighted by Gasteiger charge is -2.24. The molecular weight excluding hydrogens is 304 g/mol. The fourth-order valence-electron chi connectivity index (χ4n) is 1.68. The Bertz CT molecular complexity index is 300. The first-order valence-electron chi connectivity index (χ1n) is 6.94. The second-order valence-corrected chi connectivity index (χ2v) is 6.86. The Hall–Kier alpha value is -0.120. The van der Waals surface area contributed by atoms with E-state index in [1.54, 1.807) is 7.11 Å². The van der Waals surface area contributed by atoms with Gasteiger partial charge in [-0.05, 0) is 53.4 Å². The average Bonchev–Trinajstić information content (AvgIpc) is 2.32. The SMILES string of the molecule is COC/C=C(\C)CC/C=C(\C)CCC(Br)C(C)(C)O. The van der Waals surface area contributed by atoms with Crippen molar-refractivity contribution in [2.75, 3.05) is 13.7 Å². The van der Waals surface area contributed by atoms with Crippen LogP contribution in [0.4, 0.5) is 0 Å². The highest BCUT2D eigenvalue weighted by molar-refractivity contribution is 9.09. The largest absolute Gasteiger partial charge is 0.389 e. The molecule has 0 saturated heterocycles. The highest BCUT2D eigenvalue weighted by Gasteiger charge is 2.23. The zero-order chi connectivity index (χ0) is 14.9. The van der Waals surface area contributed by atoms with Crippen LogP contribution in [0.15, 0.2) is 23.3 Å². The van der Waals surface area contributed by atoms with Crippen molar-refractivity contribution in [1.82, 2.24) is 0 Å². The van der Waals surface area contributed by atoms with Gasteiger partial charge in [0.2, 0.25) is 0 Å². The smallest absolute Gasteiger partial charge is 0.0716 e. The van der Waals surface area contributed by atoms with Gasteiger partial charge in [-0.15, -0.1) is 0 Å². The van der Waals surface area contributed by atoms with Crippen LogP contribution in [0.2, 0.25) is 0 Å². The molecule has 112 valence electrons. The summed E-state index contributed by atoms with van der Waals surface area (Å²) < 4.78 is 5.02. The summed E-state index contributed by atoms with van der Waals surface area (Å²) in [5.41, 5.74) is 2.12. The Balaban J connectivity index is 3.96. The lowest BCUT2D eigenvalue weighted by atomic mass is 9.98. The molecule has 1 N–H and O–H groups in total. The van der Waals surface area contributed by atoms with Gasteiger partial charge in [0.15, 0.2) is 0 Å². The minimum atomic E-state index is -0.653. The molecule has 0 radical (unpaired) electrons. The normalized spacial score (nSPS) is 15.7. The minimum absolute atomic E-state index is 0.145. The molecule has 0 fully saturated rings. The Labute approximate surface area is 127 Å². The molecule has 0 saturated carbocycles. The number of hydrogen-bond acceptors (Lipinski definition) is 2. The molecule has 2 nitrogen and oxygen atoms in total. The van der Waals surface area contributed by atoms with Gasteiger partial charge in [-0.2, -0.15) is 0 Å². The van der Waals surface area contributed by atoms with Crippen LogP contribution < -0.4 is 0 Å². The third-order valence-electron chi connectivity index (χ3n) is 3.19. The van der Waals surface area contributed by atoms with E-state index in [0.717, 1.165) is 25.7 Å². The number of allylic oxidation sites excluding steroid dienone is 3. The van der Waals surface area contributed by atoms with E-state index in [-0.39, 0.29) is 4.83 Å². The molecule has 0 aromatic heterocycles. The highest BCUT2D eigenvalue weighted by Crippen LogP contribution is 2.24. The average molecular weight is 333 g/mol. The van der Waals surface area contributed by atoms with Crippen LogP contribution in [-0.4, -0.2) is 29.3 Å². The summed E-state index contributed by atoms with van der Waals surface area (Å²) in [7, 11) is 1.72. The van der Waals surface area contributed by atoms with Crippen molar-refractivity contribution in [1.29, 1.82) is 0 Å². The van der Waals surface area contributed by atoms with Crippen LogP contribution in [-0.2, 0) is 4.74 Å². The molecule has 1 unspecified atom stereocenters. The summed E-state index contributed by atoms with van der Waals surface area (Å²) in [5, 5.41) is 9.84. The molecule has 0 aliphatic heterocycles. The van der Waals surface area contributed by atoms with Crippen molar-refractivity contribution in [3.05, 3.63) is 23.3 Å². The zero-order valence-electron chi connectivity index (χ0n) is 13.0. The van der Waals surface area contributed by atoms with Gasteiger partial charge in [-0.3, -0.25) is 0 Å². The maximum absolute atomic E-state index is 9.84. The highest BCUT2D eigenvalue weighted by atomic mass is 79.9. The van der Waals surface area contributed by atoms with E-state index in [9.17, 15) is 5.11 Å². The third kappa shape index (κ3) is 10.3. The second kappa shape index (κ2) is 9.73. The Kier molecular flexibility index (Phi) is 9.67. The fourth-order valence-corrected chi connectivity index (χ4v) is 1.91. The van der Waals surface area contributed by atoms with Crippen LogP contribution in [0.25, 0.3) is 0 Å². The van der Waals surface area contributed by atoms with Crippen molar-refractivity contribution in [2.24, 2.45) is 0 Å². The molecule has 0 bridgehead atoms. The molecule has 0 aromatic rings. The van der Waals surface area contributed by atoms with Gasteiger partial charge in [0.05, 0.1) is 12.2 Å². The Morgan fingerprint density at radius 2 is 1.79 bits per heavy atom. The lowest BCUT2D eigenvalue weighted by molar-refractivity contribution is 0.0774. The molecule has 3 heteroatoms. The first kappa shape index (κ1) is 18.9. The predicted octanol–water partition coefficient (Wildman–Crippen LogP) is 4.62. The van der Waals surface area contributed by atoms with E-state index < -0.39 is 5.60 Å². The van der Waals surface area contributed by atoms with Gasteiger partial charge in [0.25, 0.3) is 0 Å². The van der Waals surface area contributed by atoms with Crippen LogP contribution >= 0.6 is 15.9 Å². The van der Waals surface area contributed by atoms with Gasteiger partial charge in [-0.1, -0.05) is 39.2 Å². The number of hydrogen-bond donors (Lipinski definition) is 1. The van der Waals surface area contributed by atoms with E-state index in [1.165, 1.54) is 11.1 Å². The molecule has 0 rings (SSSR count). The molecule has 0 aliphatic carbocycles. The maximum Gasteiger partial charge on any atom is 0.0716 e. The maximum atomic E-state index is 9.84. The summed E-state index contributed by atoms with van der Waals surface area (Å²) in [5.74, 6) is 0. The summed E-state index contributed by atoms with van der Waals surface area (Å²) in [4.78, 5) is 0.145. The molecule has 19 heavy (non-hydrogen) atoms. The number of rotatable bonds is 9. The van der Waals surface area contributed by atoms with Gasteiger partial charge < -0.3 is 9.84 Å². The molecule has 0 aromatic carbocycles. The van der Waals surface area contributed by atoms with Crippen molar-refractivity contribution in [3.63, 3.8) is 0 Å². The Morgan fingerprint density at radius 3 is 2.32 bits per heavy atom. The van der Waals surface area contributed by atoms with E-state index in [2.05, 4.69) is 41.9 Å². The molecular formula is C16H29BrO2. The molecule has 0 aliphatic rings.